The highest BCUT2D eigenvalue weighted by atomic mass is 32.2. The Morgan fingerprint density at radius 2 is 1.62 bits per heavy atom. The van der Waals surface area contributed by atoms with Crippen molar-refractivity contribution in [3.63, 3.8) is 0 Å². The molecule has 13 heavy (non-hydrogen) atoms. The molecule has 0 radical (unpaired) electrons. The van der Waals surface area contributed by atoms with E-state index < -0.39 is 10.8 Å². The Hall–Kier alpha value is -0.360. The third-order valence-electron chi connectivity index (χ3n) is 1.97. The highest BCUT2D eigenvalue weighted by Gasteiger charge is 1.93. The molecule has 1 unspecified atom stereocenters. The van der Waals surface area contributed by atoms with E-state index in [1.807, 2.05) is 0 Å². The summed E-state index contributed by atoms with van der Waals surface area (Å²) in [5.74, 6) is 0.845. The van der Waals surface area contributed by atoms with Gasteiger partial charge in [0.2, 0.25) is 0 Å². The van der Waals surface area contributed by atoms with Crippen molar-refractivity contribution in [2.75, 3.05) is 12.0 Å². The minimum absolute atomic E-state index is 0.619. The molecule has 1 atom stereocenters. The second-order valence-electron chi connectivity index (χ2n) is 3.31. The summed E-state index contributed by atoms with van der Waals surface area (Å²) >= 11 is 0. The molecule has 0 N–H and O–H groups in total. The highest BCUT2D eigenvalue weighted by Crippen LogP contribution is 2.06. The van der Waals surface area contributed by atoms with Crippen molar-refractivity contribution in [3.05, 3.63) is 0 Å². The van der Waals surface area contributed by atoms with Crippen molar-refractivity contribution in [1.29, 1.82) is 5.26 Å². The van der Waals surface area contributed by atoms with Gasteiger partial charge in [0, 0.05) is 29.2 Å². The van der Waals surface area contributed by atoms with Gasteiger partial charge in [0.05, 0.1) is 6.07 Å². The SMILES string of the molecule is CS(=O)CCCCCCCCC#N. The van der Waals surface area contributed by atoms with E-state index in [9.17, 15) is 4.21 Å². The Morgan fingerprint density at radius 1 is 1.08 bits per heavy atom. The molecule has 0 aromatic rings. The Morgan fingerprint density at radius 3 is 2.15 bits per heavy atom. The minimum atomic E-state index is -0.619. The zero-order chi connectivity index (χ0) is 9.94. The predicted molar refractivity (Wildman–Crippen MR) is 56.9 cm³/mol. The lowest BCUT2D eigenvalue weighted by molar-refractivity contribution is 0.611. The van der Waals surface area contributed by atoms with E-state index in [0.717, 1.165) is 18.6 Å². The maximum absolute atomic E-state index is 10.7. The smallest absolute Gasteiger partial charge is 0.0621 e. The van der Waals surface area contributed by atoms with Gasteiger partial charge in [-0.25, -0.2) is 0 Å². The number of nitrogens with zero attached hydrogens (tertiary/aromatic N) is 1. The zero-order valence-electron chi connectivity index (χ0n) is 8.42. The van der Waals surface area contributed by atoms with Crippen LogP contribution in [0.25, 0.3) is 0 Å². The van der Waals surface area contributed by atoms with Crippen LogP contribution < -0.4 is 0 Å². The van der Waals surface area contributed by atoms with Crippen LogP contribution in [-0.2, 0) is 10.8 Å². The van der Waals surface area contributed by atoms with E-state index >= 15 is 0 Å². The second-order valence-corrected chi connectivity index (χ2v) is 4.86. The van der Waals surface area contributed by atoms with Crippen molar-refractivity contribution in [1.82, 2.24) is 0 Å². The summed E-state index contributed by atoms with van der Waals surface area (Å²) in [5.41, 5.74) is 0. The van der Waals surface area contributed by atoms with Crippen LogP contribution in [0.15, 0.2) is 0 Å². The van der Waals surface area contributed by atoms with E-state index in [1.165, 1.54) is 25.7 Å². The van der Waals surface area contributed by atoms with E-state index in [1.54, 1.807) is 6.26 Å². The minimum Gasteiger partial charge on any atom is -0.260 e. The van der Waals surface area contributed by atoms with Crippen LogP contribution in [0, 0.1) is 11.3 Å². The standard InChI is InChI=1S/C10H19NOS/c1-13(12)10-8-6-4-2-3-5-7-9-11/h2-8,10H2,1H3. The fourth-order valence-electron chi connectivity index (χ4n) is 1.22. The molecule has 0 aliphatic rings. The van der Waals surface area contributed by atoms with E-state index in [4.69, 9.17) is 5.26 Å². The molecule has 76 valence electrons. The van der Waals surface area contributed by atoms with Crippen LogP contribution in [0.5, 0.6) is 0 Å². The first-order valence-corrected chi connectivity index (χ1v) is 6.67. The monoisotopic (exact) mass is 201 g/mol. The van der Waals surface area contributed by atoms with Crippen LogP contribution in [-0.4, -0.2) is 16.2 Å². The van der Waals surface area contributed by atoms with Gasteiger partial charge in [-0.3, -0.25) is 4.21 Å². The summed E-state index contributed by atoms with van der Waals surface area (Å²) in [4.78, 5) is 0. The molecule has 0 spiro atoms. The molecule has 0 rings (SSSR count). The topological polar surface area (TPSA) is 40.9 Å². The number of nitriles is 1. The number of unbranched alkanes of at least 4 members (excludes halogenated alkanes) is 6. The largest absolute Gasteiger partial charge is 0.260 e. The zero-order valence-corrected chi connectivity index (χ0v) is 9.24. The van der Waals surface area contributed by atoms with Gasteiger partial charge in [-0.2, -0.15) is 5.26 Å². The number of rotatable bonds is 8. The summed E-state index contributed by atoms with van der Waals surface area (Å²) < 4.78 is 10.7. The maximum atomic E-state index is 10.7. The molecule has 0 amide bonds. The van der Waals surface area contributed by atoms with Gasteiger partial charge in [0.25, 0.3) is 0 Å². The molecule has 3 heteroatoms. The van der Waals surface area contributed by atoms with Crippen molar-refractivity contribution in [2.24, 2.45) is 0 Å². The van der Waals surface area contributed by atoms with Gasteiger partial charge in [0.1, 0.15) is 0 Å². The summed E-state index contributed by atoms with van der Waals surface area (Å²) in [6.45, 7) is 0. The van der Waals surface area contributed by atoms with Crippen LogP contribution >= 0.6 is 0 Å². The van der Waals surface area contributed by atoms with Crippen molar-refractivity contribution in [3.8, 4) is 6.07 Å². The molecule has 0 fully saturated rings. The van der Waals surface area contributed by atoms with E-state index in [2.05, 4.69) is 6.07 Å². The number of hydrogen-bond donors (Lipinski definition) is 0. The fraction of sp³-hybridized carbons (Fsp3) is 0.900. The molecule has 2 nitrogen and oxygen atoms in total. The Kier molecular flexibility index (Phi) is 9.46. The molecule has 0 saturated carbocycles. The predicted octanol–water partition coefficient (Wildman–Crippen LogP) is 2.62. The second kappa shape index (κ2) is 9.73. The molecule has 0 aromatic carbocycles. The third-order valence-corrected chi connectivity index (χ3v) is 2.83. The van der Waals surface area contributed by atoms with Gasteiger partial charge < -0.3 is 0 Å². The van der Waals surface area contributed by atoms with Gasteiger partial charge in [-0.1, -0.05) is 25.7 Å². The van der Waals surface area contributed by atoms with E-state index in [-0.39, 0.29) is 0 Å². The van der Waals surface area contributed by atoms with Crippen molar-refractivity contribution >= 4 is 10.8 Å². The van der Waals surface area contributed by atoms with Crippen LogP contribution in [0.4, 0.5) is 0 Å². The molecule has 0 aromatic heterocycles. The van der Waals surface area contributed by atoms with Crippen LogP contribution in [0.3, 0.4) is 0 Å². The molecule has 0 heterocycles. The average Bonchev–Trinajstić information content (AvgIpc) is 2.09. The quantitative estimate of drug-likeness (QED) is 0.566. The molecule has 0 saturated heterocycles. The summed E-state index contributed by atoms with van der Waals surface area (Å²) in [5, 5.41) is 8.28. The van der Waals surface area contributed by atoms with Gasteiger partial charge in [-0.05, 0) is 12.8 Å². The van der Waals surface area contributed by atoms with Crippen molar-refractivity contribution in [2.45, 2.75) is 44.9 Å². The molecule has 0 aliphatic heterocycles. The lowest BCUT2D eigenvalue weighted by atomic mass is 10.1. The summed E-state index contributed by atoms with van der Waals surface area (Å²) in [6, 6.07) is 2.14. The van der Waals surface area contributed by atoms with Crippen molar-refractivity contribution < 1.29 is 4.21 Å². The van der Waals surface area contributed by atoms with Gasteiger partial charge in [-0.15, -0.1) is 0 Å². The highest BCUT2D eigenvalue weighted by molar-refractivity contribution is 7.84. The normalized spacial score (nSPS) is 12.3. The number of hydrogen-bond acceptors (Lipinski definition) is 2. The first kappa shape index (κ1) is 12.6. The van der Waals surface area contributed by atoms with Crippen LogP contribution in [0.2, 0.25) is 0 Å². The molecular formula is C10H19NOS. The Balaban J connectivity index is 2.92. The average molecular weight is 201 g/mol. The third kappa shape index (κ3) is 11.6. The lowest BCUT2D eigenvalue weighted by Gasteiger charge is -1.98. The lowest BCUT2D eigenvalue weighted by Crippen LogP contribution is -1.93. The summed E-state index contributed by atoms with van der Waals surface area (Å²) in [7, 11) is -0.619. The fourth-order valence-corrected chi connectivity index (χ4v) is 1.83. The first-order valence-electron chi connectivity index (χ1n) is 4.94. The Bertz CT molecular complexity index is 174. The van der Waals surface area contributed by atoms with Gasteiger partial charge in [0.15, 0.2) is 0 Å². The van der Waals surface area contributed by atoms with Gasteiger partial charge >= 0.3 is 0 Å². The van der Waals surface area contributed by atoms with Crippen LogP contribution in [0.1, 0.15) is 44.9 Å². The molecule has 0 aliphatic carbocycles. The van der Waals surface area contributed by atoms with E-state index in [0.29, 0.717) is 6.42 Å². The maximum Gasteiger partial charge on any atom is 0.0621 e. The first-order chi connectivity index (χ1) is 6.27. The molecular weight excluding hydrogens is 182 g/mol. The summed E-state index contributed by atoms with van der Waals surface area (Å²) in [6.07, 6.45) is 9.37. The Labute approximate surface area is 83.8 Å². The molecule has 0 bridgehead atoms.